The highest BCUT2D eigenvalue weighted by atomic mass is 32.1. The van der Waals surface area contributed by atoms with Crippen LogP contribution < -0.4 is 5.43 Å². The largest absolute Gasteiger partial charge is 0.416 e. The second-order valence-corrected chi connectivity index (χ2v) is 5.51. The summed E-state index contributed by atoms with van der Waals surface area (Å²) in [5, 5.41) is 6.36. The second-order valence-electron chi connectivity index (χ2n) is 4.45. The number of rotatable bonds is 4. The Morgan fingerprint density at radius 1 is 1.36 bits per heavy atom. The Bertz CT molecular complexity index is 677. The summed E-state index contributed by atoms with van der Waals surface area (Å²) in [6.45, 7) is 1.84. The summed E-state index contributed by atoms with van der Waals surface area (Å²) in [4.78, 5) is 15.7. The van der Waals surface area contributed by atoms with Gasteiger partial charge >= 0.3 is 6.18 Å². The molecule has 1 amide bonds. The molecule has 0 radical (unpaired) electrons. The zero-order chi connectivity index (χ0) is 16.2. The lowest BCUT2D eigenvalue weighted by molar-refractivity contribution is -0.137. The Hall–Kier alpha value is -2.22. The number of hydrogen-bond acceptors (Lipinski definition) is 4. The third kappa shape index (κ3) is 4.66. The number of nitrogens with zero attached hydrogens (tertiary/aromatic N) is 2. The van der Waals surface area contributed by atoms with E-state index in [1.165, 1.54) is 29.7 Å². The van der Waals surface area contributed by atoms with Crippen molar-refractivity contribution < 1.29 is 18.0 Å². The molecule has 2 aromatic rings. The number of thiazole rings is 1. The number of hydrogen-bond donors (Lipinski definition) is 1. The van der Waals surface area contributed by atoms with Gasteiger partial charge in [0.1, 0.15) is 0 Å². The first kappa shape index (κ1) is 16.2. The summed E-state index contributed by atoms with van der Waals surface area (Å²) in [7, 11) is 0. The van der Waals surface area contributed by atoms with Gasteiger partial charge in [-0.2, -0.15) is 18.3 Å². The molecule has 0 unspecified atom stereocenters. The molecule has 0 aliphatic heterocycles. The Morgan fingerprint density at radius 2 is 2.05 bits per heavy atom. The van der Waals surface area contributed by atoms with E-state index >= 15 is 0 Å². The average Bonchev–Trinajstić information content (AvgIpc) is 2.83. The molecule has 0 bridgehead atoms. The summed E-state index contributed by atoms with van der Waals surface area (Å²) in [6.07, 6.45) is -2.98. The van der Waals surface area contributed by atoms with E-state index in [9.17, 15) is 18.0 Å². The molecule has 8 heteroatoms. The Balaban J connectivity index is 1.88. The second kappa shape index (κ2) is 6.69. The predicted molar refractivity (Wildman–Crippen MR) is 77.7 cm³/mol. The zero-order valence-electron chi connectivity index (χ0n) is 11.5. The molecular weight excluding hydrogens is 315 g/mol. The summed E-state index contributed by atoms with van der Waals surface area (Å²) in [6, 6.07) is 4.48. The Kier molecular flexibility index (Phi) is 4.92. The number of nitrogens with one attached hydrogen (secondary N) is 1. The van der Waals surface area contributed by atoms with Gasteiger partial charge in [-0.15, -0.1) is 11.3 Å². The van der Waals surface area contributed by atoms with Crippen LogP contribution in [0.3, 0.4) is 0 Å². The summed E-state index contributed by atoms with van der Waals surface area (Å²) in [5.74, 6) is -0.339. The monoisotopic (exact) mass is 327 g/mol. The number of benzene rings is 1. The highest BCUT2D eigenvalue weighted by Gasteiger charge is 2.29. The maximum atomic E-state index is 12.4. The lowest BCUT2D eigenvalue weighted by atomic mass is 10.1. The van der Waals surface area contributed by atoms with E-state index in [4.69, 9.17) is 0 Å². The van der Waals surface area contributed by atoms with Crippen LogP contribution in [0.4, 0.5) is 13.2 Å². The highest BCUT2D eigenvalue weighted by Crippen LogP contribution is 2.28. The molecule has 0 saturated carbocycles. The average molecular weight is 327 g/mol. The van der Waals surface area contributed by atoms with Crippen LogP contribution in [0.2, 0.25) is 0 Å². The van der Waals surface area contributed by atoms with Crippen molar-refractivity contribution in [1.82, 2.24) is 10.4 Å². The molecule has 0 aliphatic carbocycles. The highest BCUT2D eigenvalue weighted by molar-refractivity contribution is 7.09. The molecule has 1 aromatic carbocycles. The SMILES string of the molecule is Cc1nc(CC(=O)NN=Cc2ccc(C(F)(F)F)cc2)cs1. The summed E-state index contributed by atoms with van der Waals surface area (Å²) in [5.41, 5.74) is 2.69. The van der Waals surface area contributed by atoms with Crippen LogP contribution in [0, 0.1) is 6.92 Å². The van der Waals surface area contributed by atoms with Gasteiger partial charge in [-0.05, 0) is 24.6 Å². The van der Waals surface area contributed by atoms with Gasteiger partial charge in [0.05, 0.1) is 28.9 Å². The van der Waals surface area contributed by atoms with E-state index in [-0.39, 0.29) is 12.3 Å². The minimum Gasteiger partial charge on any atom is -0.273 e. The molecule has 1 heterocycles. The molecule has 0 aliphatic rings. The van der Waals surface area contributed by atoms with Crippen LogP contribution >= 0.6 is 11.3 Å². The van der Waals surface area contributed by atoms with Crippen molar-refractivity contribution in [2.75, 3.05) is 0 Å². The van der Waals surface area contributed by atoms with Crippen LogP contribution in [0.25, 0.3) is 0 Å². The Morgan fingerprint density at radius 3 is 2.59 bits per heavy atom. The first-order valence-electron chi connectivity index (χ1n) is 6.25. The molecule has 1 N–H and O–H groups in total. The normalized spacial score (nSPS) is 11.8. The Labute approximate surface area is 128 Å². The molecular formula is C14H12F3N3OS. The number of carbonyl (C=O) groups is 1. The molecule has 0 spiro atoms. The van der Waals surface area contributed by atoms with E-state index in [0.717, 1.165) is 17.1 Å². The van der Waals surface area contributed by atoms with Crippen LogP contribution in [-0.4, -0.2) is 17.1 Å². The predicted octanol–water partition coefficient (Wildman–Crippen LogP) is 3.16. The molecule has 0 atom stereocenters. The number of aryl methyl sites for hydroxylation is 1. The van der Waals surface area contributed by atoms with Crippen molar-refractivity contribution in [2.45, 2.75) is 19.5 Å². The zero-order valence-corrected chi connectivity index (χ0v) is 12.3. The topological polar surface area (TPSA) is 54.4 Å². The quantitative estimate of drug-likeness (QED) is 0.693. The smallest absolute Gasteiger partial charge is 0.273 e. The van der Waals surface area contributed by atoms with E-state index in [2.05, 4.69) is 15.5 Å². The van der Waals surface area contributed by atoms with Crippen molar-refractivity contribution in [3.63, 3.8) is 0 Å². The van der Waals surface area contributed by atoms with Crippen LogP contribution in [-0.2, 0) is 17.4 Å². The van der Waals surface area contributed by atoms with Crippen LogP contribution in [0.5, 0.6) is 0 Å². The van der Waals surface area contributed by atoms with Gasteiger partial charge in [0, 0.05) is 5.38 Å². The first-order chi connectivity index (χ1) is 10.3. The minimum absolute atomic E-state index is 0.106. The van der Waals surface area contributed by atoms with Gasteiger partial charge in [0.25, 0.3) is 0 Å². The van der Waals surface area contributed by atoms with Gasteiger partial charge in [0.15, 0.2) is 0 Å². The minimum atomic E-state index is -4.37. The molecule has 2 rings (SSSR count). The number of alkyl halides is 3. The fraction of sp³-hybridized carbons (Fsp3) is 0.214. The van der Waals surface area contributed by atoms with E-state index in [0.29, 0.717) is 11.3 Å². The van der Waals surface area contributed by atoms with Crippen molar-refractivity contribution in [1.29, 1.82) is 0 Å². The lowest BCUT2D eigenvalue weighted by Crippen LogP contribution is -2.19. The maximum Gasteiger partial charge on any atom is 0.416 e. The fourth-order valence-electron chi connectivity index (χ4n) is 1.63. The van der Waals surface area contributed by atoms with Crippen molar-refractivity contribution in [3.8, 4) is 0 Å². The molecule has 4 nitrogen and oxygen atoms in total. The molecule has 0 saturated heterocycles. The molecule has 0 fully saturated rings. The van der Waals surface area contributed by atoms with E-state index in [1.807, 2.05) is 6.92 Å². The van der Waals surface area contributed by atoms with E-state index < -0.39 is 11.7 Å². The first-order valence-corrected chi connectivity index (χ1v) is 7.13. The van der Waals surface area contributed by atoms with Crippen LogP contribution in [0.15, 0.2) is 34.7 Å². The van der Waals surface area contributed by atoms with Gasteiger partial charge < -0.3 is 0 Å². The van der Waals surface area contributed by atoms with E-state index in [1.54, 1.807) is 5.38 Å². The standard InChI is InChI=1S/C14H12F3N3OS/c1-9-19-12(8-22-9)6-13(21)20-18-7-10-2-4-11(5-3-10)14(15,16)17/h2-5,7-8H,6H2,1H3,(H,20,21). The third-order valence-corrected chi connectivity index (χ3v) is 3.47. The van der Waals surface area contributed by atoms with Crippen molar-refractivity contribution in [3.05, 3.63) is 51.5 Å². The lowest BCUT2D eigenvalue weighted by Gasteiger charge is -2.05. The maximum absolute atomic E-state index is 12.4. The number of halogens is 3. The van der Waals surface area contributed by atoms with Crippen LogP contribution in [0.1, 0.15) is 21.8 Å². The fourth-order valence-corrected chi connectivity index (χ4v) is 2.24. The van der Waals surface area contributed by atoms with Gasteiger partial charge in [-0.25, -0.2) is 10.4 Å². The van der Waals surface area contributed by atoms with Crippen molar-refractivity contribution in [2.24, 2.45) is 5.10 Å². The van der Waals surface area contributed by atoms with Crippen molar-refractivity contribution >= 4 is 23.5 Å². The van der Waals surface area contributed by atoms with Gasteiger partial charge in [-0.3, -0.25) is 4.79 Å². The number of aromatic nitrogens is 1. The molecule has 116 valence electrons. The van der Waals surface area contributed by atoms with Gasteiger partial charge in [0.2, 0.25) is 5.91 Å². The number of amides is 1. The summed E-state index contributed by atoms with van der Waals surface area (Å²) < 4.78 is 37.2. The van der Waals surface area contributed by atoms with Gasteiger partial charge in [-0.1, -0.05) is 12.1 Å². The number of carbonyl (C=O) groups excluding carboxylic acids is 1. The summed E-state index contributed by atoms with van der Waals surface area (Å²) >= 11 is 1.45. The molecule has 1 aromatic heterocycles. The number of hydrazone groups is 1. The third-order valence-electron chi connectivity index (χ3n) is 2.65. The molecule has 22 heavy (non-hydrogen) atoms.